The van der Waals surface area contributed by atoms with E-state index in [4.69, 9.17) is 20.8 Å². The molecule has 0 atom stereocenters. The minimum absolute atomic E-state index is 0.00101. The number of ether oxygens (including phenoxy) is 1. The molecule has 0 radical (unpaired) electrons. The Balaban J connectivity index is 1.84. The lowest BCUT2D eigenvalue weighted by atomic mass is 10.0. The van der Waals surface area contributed by atoms with Gasteiger partial charge in [0.25, 0.3) is 0 Å². The lowest BCUT2D eigenvalue weighted by Crippen LogP contribution is -2.08. The summed E-state index contributed by atoms with van der Waals surface area (Å²) in [6, 6.07) is 10.7. The van der Waals surface area contributed by atoms with Crippen LogP contribution in [-0.4, -0.2) is 12.2 Å². The van der Waals surface area contributed by atoms with Crippen LogP contribution in [0.15, 0.2) is 45.6 Å². The molecular weight excluding hydrogens is 340 g/mol. The standard InChI is InChI=1S/C20H19ClO4/c1-12-10-14(21)11-13(19(12)24-2)6-5-8-16-18(22)15-7-3-4-9-17(15)25-20(16)23/h3-4,7,9-11,22H,5-6,8H2,1-2H3. The van der Waals surface area contributed by atoms with Crippen molar-refractivity contribution in [2.75, 3.05) is 7.11 Å². The third-order valence-electron chi connectivity index (χ3n) is 4.27. The number of hydrogen-bond acceptors (Lipinski definition) is 4. The summed E-state index contributed by atoms with van der Waals surface area (Å²) < 4.78 is 10.7. The van der Waals surface area contributed by atoms with Crippen LogP contribution in [0.4, 0.5) is 0 Å². The van der Waals surface area contributed by atoms with Crippen molar-refractivity contribution in [2.45, 2.75) is 26.2 Å². The van der Waals surface area contributed by atoms with Crippen LogP contribution in [0.25, 0.3) is 11.0 Å². The predicted molar refractivity (Wildman–Crippen MR) is 98.9 cm³/mol. The maximum absolute atomic E-state index is 12.2. The monoisotopic (exact) mass is 358 g/mol. The number of aromatic hydroxyl groups is 1. The van der Waals surface area contributed by atoms with Crippen LogP contribution in [0.3, 0.4) is 0 Å². The van der Waals surface area contributed by atoms with Crippen molar-refractivity contribution in [3.8, 4) is 11.5 Å². The van der Waals surface area contributed by atoms with Gasteiger partial charge < -0.3 is 14.3 Å². The molecule has 5 heteroatoms. The van der Waals surface area contributed by atoms with Crippen molar-refractivity contribution < 1.29 is 14.3 Å². The Hall–Kier alpha value is -2.46. The molecule has 0 aliphatic heterocycles. The lowest BCUT2D eigenvalue weighted by Gasteiger charge is -2.12. The van der Waals surface area contributed by atoms with Gasteiger partial charge in [-0.25, -0.2) is 4.79 Å². The number of rotatable bonds is 5. The topological polar surface area (TPSA) is 59.7 Å². The molecule has 0 aliphatic rings. The van der Waals surface area contributed by atoms with E-state index in [1.165, 1.54) is 0 Å². The molecule has 1 heterocycles. The molecule has 0 fully saturated rings. The van der Waals surface area contributed by atoms with E-state index in [0.717, 1.165) is 16.9 Å². The molecule has 1 aromatic heterocycles. The van der Waals surface area contributed by atoms with Crippen molar-refractivity contribution in [1.82, 2.24) is 0 Å². The summed E-state index contributed by atoms with van der Waals surface area (Å²) in [6.45, 7) is 1.94. The van der Waals surface area contributed by atoms with E-state index in [-0.39, 0.29) is 5.75 Å². The first kappa shape index (κ1) is 17.4. The van der Waals surface area contributed by atoms with Crippen LogP contribution < -0.4 is 10.4 Å². The zero-order chi connectivity index (χ0) is 18.0. The van der Waals surface area contributed by atoms with Crippen LogP contribution in [0, 0.1) is 6.92 Å². The molecular formula is C20H19ClO4. The Morgan fingerprint density at radius 2 is 1.96 bits per heavy atom. The van der Waals surface area contributed by atoms with E-state index in [1.54, 1.807) is 31.4 Å². The fourth-order valence-corrected chi connectivity index (χ4v) is 3.42. The highest BCUT2D eigenvalue weighted by Crippen LogP contribution is 2.30. The van der Waals surface area contributed by atoms with E-state index in [2.05, 4.69) is 0 Å². The Bertz CT molecular complexity index is 975. The van der Waals surface area contributed by atoms with Gasteiger partial charge >= 0.3 is 5.63 Å². The van der Waals surface area contributed by atoms with E-state index < -0.39 is 5.63 Å². The predicted octanol–water partition coefficient (Wildman–Crippen LogP) is 4.64. The van der Waals surface area contributed by atoms with Gasteiger partial charge in [0.15, 0.2) is 0 Å². The first-order valence-electron chi connectivity index (χ1n) is 8.08. The Morgan fingerprint density at radius 3 is 2.72 bits per heavy atom. The van der Waals surface area contributed by atoms with Gasteiger partial charge in [0.1, 0.15) is 17.1 Å². The largest absolute Gasteiger partial charge is 0.507 e. The van der Waals surface area contributed by atoms with Crippen LogP contribution in [-0.2, 0) is 12.8 Å². The molecule has 130 valence electrons. The van der Waals surface area contributed by atoms with E-state index in [9.17, 15) is 9.90 Å². The highest BCUT2D eigenvalue weighted by molar-refractivity contribution is 6.30. The van der Waals surface area contributed by atoms with Crippen molar-refractivity contribution in [2.24, 2.45) is 0 Å². The summed E-state index contributed by atoms with van der Waals surface area (Å²) in [7, 11) is 1.63. The molecule has 0 amide bonds. The van der Waals surface area contributed by atoms with Crippen LogP contribution in [0.1, 0.15) is 23.1 Å². The zero-order valence-electron chi connectivity index (χ0n) is 14.1. The van der Waals surface area contributed by atoms with E-state index in [1.807, 2.05) is 19.1 Å². The molecule has 3 aromatic rings. The van der Waals surface area contributed by atoms with Crippen molar-refractivity contribution in [1.29, 1.82) is 0 Å². The average molecular weight is 359 g/mol. The van der Waals surface area contributed by atoms with Crippen LogP contribution >= 0.6 is 11.6 Å². The number of para-hydroxylation sites is 1. The lowest BCUT2D eigenvalue weighted by molar-refractivity contribution is 0.406. The SMILES string of the molecule is COc1c(C)cc(Cl)cc1CCCc1c(O)c2ccccc2oc1=O. The number of hydrogen-bond donors (Lipinski definition) is 1. The maximum Gasteiger partial charge on any atom is 0.343 e. The molecule has 0 spiro atoms. The van der Waals surface area contributed by atoms with Crippen LogP contribution in [0.2, 0.25) is 5.02 Å². The third kappa shape index (κ3) is 3.49. The third-order valence-corrected chi connectivity index (χ3v) is 4.49. The fourth-order valence-electron chi connectivity index (χ4n) is 3.13. The summed E-state index contributed by atoms with van der Waals surface area (Å²) in [5.74, 6) is 0.806. The maximum atomic E-state index is 12.2. The molecule has 0 unspecified atom stereocenters. The number of benzene rings is 2. The minimum Gasteiger partial charge on any atom is -0.507 e. The highest BCUT2D eigenvalue weighted by Gasteiger charge is 2.14. The van der Waals surface area contributed by atoms with E-state index >= 15 is 0 Å². The van der Waals surface area contributed by atoms with Gasteiger partial charge in [-0.3, -0.25) is 0 Å². The van der Waals surface area contributed by atoms with Gasteiger partial charge in [0, 0.05) is 5.02 Å². The number of fused-ring (bicyclic) bond motifs is 1. The molecule has 0 bridgehead atoms. The van der Waals surface area contributed by atoms with Crippen LogP contribution in [0.5, 0.6) is 11.5 Å². The summed E-state index contributed by atoms with van der Waals surface area (Å²) in [6.07, 6.45) is 1.75. The normalized spacial score (nSPS) is 11.0. The smallest absolute Gasteiger partial charge is 0.343 e. The van der Waals surface area contributed by atoms with E-state index in [0.29, 0.717) is 40.8 Å². The van der Waals surface area contributed by atoms with Crippen molar-refractivity contribution in [3.05, 3.63) is 68.5 Å². The first-order chi connectivity index (χ1) is 12.0. The average Bonchev–Trinajstić information content (AvgIpc) is 2.57. The van der Waals surface area contributed by atoms with Crippen molar-refractivity contribution >= 4 is 22.6 Å². The fraction of sp³-hybridized carbons (Fsp3) is 0.250. The molecule has 1 N–H and O–H groups in total. The molecule has 0 saturated carbocycles. The molecule has 4 nitrogen and oxygen atoms in total. The molecule has 0 aliphatic carbocycles. The summed E-state index contributed by atoms with van der Waals surface area (Å²) >= 11 is 6.13. The van der Waals surface area contributed by atoms with Gasteiger partial charge in [-0.15, -0.1) is 0 Å². The summed E-state index contributed by atoms with van der Waals surface area (Å²) in [5, 5.41) is 11.6. The van der Waals surface area contributed by atoms with Gasteiger partial charge in [0.2, 0.25) is 0 Å². The Morgan fingerprint density at radius 1 is 1.20 bits per heavy atom. The quantitative estimate of drug-likeness (QED) is 0.675. The second-order valence-electron chi connectivity index (χ2n) is 5.98. The summed E-state index contributed by atoms with van der Waals surface area (Å²) in [4.78, 5) is 12.2. The van der Waals surface area contributed by atoms with Gasteiger partial charge in [0.05, 0.1) is 18.1 Å². The van der Waals surface area contributed by atoms with Gasteiger partial charge in [-0.2, -0.15) is 0 Å². The molecule has 2 aromatic carbocycles. The second-order valence-corrected chi connectivity index (χ2v) is 6.42. The molecule has 3 rings (SSSR count). The Labute approximate surface area is 150 Å². The highest BCUT2D eigenvalue weighted by atomic mass is 35.5. The zero-order valence-corrected chi connectivity index (χ0v) is 14.9. The van der Waals surface area contributed by atoms with Crippen molar-refractivity contribution in [3.63, 3.8) is 0 Å². The number of halogens is 1. The van der Waals surface area contributed by atoms with Gasteiger partial charge in [-0.05, 0) is 61.6 Å². The first-order valence-corrected chi connectivity index (χ1v) is 8.45. The van der Waals surface area contributed by atoms with Gasteiger partial charge in [-0.1, -0.05) is 23.7 Å². The number of aryl methyl sites for hydroxylation is 2. The Kier molecular flexibility index (Phi) is 5.00. The molecule has 25 heavy (non-hydrogen) atoms. The second kappa shape index (κ2) is 7.19. The minimum atomic E-state index is -0.495. The molecule has 0 saturated heterocycles. The summed E-state index contributed by atoms with van der Waals surface area (Å²) in [5.41, 5.74) is 2.15. The number of methoxy groups -OCH3 is 1.